The van der Waals surface area contributed by atoms with Gasteiger partial charge in [-0.15, -0.1) is 0 Å². The van der Waals surface area contributed by atoms with Gasteiger partial charge in [-0.3, -0.25) is 18.7 Å². The molecule has 38 heavy (non-hydrogen) atoms. The van der Waals surface area contributed by atoms with Crippen molar-refractivity contribution in [3.8, 4) is 23.2 Å². The van der Waals surface area contributed by atoms with Crippen LogP contribution in [0.1, 0.15) is 5.56 Å². The van der Waals surface area contributed by atoms with Crippen molar-refractivity contribution in [2.45, 2.75) is 13.0 Å². The molecule has 0 amide bonds. The second-order valence-electron chi connectivity index (χ2n) is 8.67. The summed E-state index contributed by atoms with van der Waals surface area (Å²) in [6.45, 7) is 0.285. The summed E-state index contributed by atoms with van der Waals surface area (Å²) in [7, 11) is 7.46. The number of methoxy groups -OCH3 is 3. The molecule has 0 N–H and O–H groups in total. The minimum absolute atomic E-state index is 0.101. The molecule has 0 fully saturated rings. The fourth-order valence-corrected chi connectivity index (χ4v) is 4.53. The molecule has 5 aromatic rings. The van der Waals surface area contributed by atoms with Crippen molar-refractivity contribution < 1.29 is 14.2 Å². The number of hydrogen-bond donors (Lipinski definition) is 0. The maximum atomic E-state index is 13.8. The Morgan fingerprint density at radius 3 is 2.24 bits per heavy atom. The number of aromatic nitrogens is 6. The monoisotopic (exact) mass is 518 g/mol. The summed E-state index contributed by atoms with van der Waals surface area (Å²) in [5, 5.41) is 5.15. The number of rotatable bonds is 7. The summed E-state index contributed by atoms with van der Waals surface area (Å²) in [4.78, 5) is 44.3. The molecule has 0 atom stereocenters. The van der Waals surface area contributed by atoms with Gasteiger partial charge in [0.1, 0.15) is 5.75 Å². The zero-order valence-corrected chi connectivity index (χ0v) is 21.6. The zero-order chi connectivity index (χ0) is 27.1. The Labute approximate surface area is 215 Å². The summed E-state index contributed by atoms with van der Waals surface area (Å²) < 4.78 is 21.1. The van der Waals surface area contributed by atoms with Crippen molar-refractivity contribution in [3.05, 3.63) is 79.4 Å². The summed E-state index contributed by atoms with van der Waals surface area (Å²) >= 11 is 0. The van der Waals surface area contributed by atoms with Gasteiger partial charge in [-0.1, -0.05) is 12.1 Å². The van der Waals surface area contributed by atoms with E-state index in [1.54, 1.807) is 23.8 Å². The lowest BCUT2D eigenvalue weighted by Gasteiger charge is -2.13. The van der Waals surface area contributed by atoms with E-state index in [0.29, 0.717) is 17.6 Å². The van der Waals surface area contributed by atoms with E-state index in [0.717, 1.165) is 20.6 Å². The van der Waals surface area contributed by atoms with Gasteiger partial charge in [0.15, 0.2) is 22.7 Å². The third-order valence-corrected chi connectivity index (χ3v) is 6.60. The Kier molecular flexibility index (Phi) is 6.23. The molecule has 196 valence electrons. The smallest absolute Gasteiger partial charge is 0.332 e. The number of imidazole rings is 1. The lowest BCUT2D eigenvalue weighted by molar-refractivity contribution is 0.358. The van der Waals surface area contributed by atoms with E-state index in [2.05, 4.69) is 10.1 Å². The molecule has 3 heterocycles. The Bertz CT molecular complexity index is 1860. The summed E-state index contributed by atoms with van der Waals surface area (Å²) in [6.07, 6.45) is 2.02. The minimum Gasteiger partial charge on any atom is -0.497 e. The molecule has 0 saturated carbocycles. The summed E-state index contributed by atoms with van der Waals surface area (Å²) in [6, 6.07) is 10.9. The standard InChI is InChI=1S/C26H26N6O6/c1-29-22-20(24(34)30(2)26(29)35)31(13-12-15-6-9-17(36-3)10-7-15)25(28-22)32-23(33)19-16(14-27-32)8-11-18(37-4)21(19)38-5/h6-11,14H,12-13H2,1-5H3. The molecular formula is C26H26N6O6. The summed E-state index contributed by atoms with van der Waals surface area (Å²) in [5.41, 5.74) is -0.256. The van der Waals surface area contributed by atoms with E-state index >= 15 is 0 Å². The topological polar surface area (TPSA) is 124 Å². The maximum Gasteiger partial charge on any atom is 0.332 e. The van der Waals surface area contributed by atoms with E-state index in [-0.39, 0.29) is 34.8 Å². The van der Waals surface area contributed by atoms with Crippen molar-refractivity contribution in [2.75, 3.05) is 21.3 Å². The van der Waals surface area contributed by atoms with Crippen molar-refractivity contribution in [1.29, 1.82) is 0 Å². The molecule has 0 bridgehead atoms. The average Bonchev–Trinajstić information content (AvgIpc) is 3.32. The van der Waals surface area contributed by atoms with Crippen LogP contribution in [0.15, 0.2) is 57.0 Å². The van der Waals surface area contributed by atoms with Crippen LogP contribution in [0.25, 0.3) is 27.9 Å². The van der Waals surface area contributed by atoms with Crippen LogP contribution in [0.3, 0.4) is 0 Å². The van der Waals surface area contributed by atoms with Gasteiger partial charge in [-0.05, 0) is 36.2 Å². The van der Waals surface area contributed by atoms with E-state index < -0.39 is 16.8 Å². The first-order valence-electron chi connectivity index (χ1n) is 11.7. The maximum absolute atomic E-state index is 13.8. The molecule has 0 aliphatic rings. The molecule has 0 saturated heterocycles. The fourth-order valence-electron chi connectivity index (χ4n) is 4.53. The van der Waals surface area contributed by atoms with Crippen LogP contribution < -0.4 is 31.0 Å². The van der Waals surface area contributed by atoms with Gasteiger partial charge in [0.25, 0.3) is 11.1 Å². The highest BCUT2D eigenvalue weighted by atomic mass is 16.5. The second kappa shape index (κ2) is 9.54. The molecule has 5 rings (SSSR count). The molecular weight excluding hydrogens is 492 g/mol. The third-order valence-electron chi connectivity index (χ3n) is 6.60. The number of aryl methyl sites for hydroxylation is 3. The average molecular weight is 519 g/mol. The number of ether oxygens (including phenoxy) is 3. The number of fused-ring (bicyclic) bond motifs is 2. The van der Waals surface area contributed by atoms with Crippen molar-refractivity contribution in [1.82, 2.24) is 28.5 Å². The zero-order valence-electron chi connectivity index (χ0n) is 21.6. The predicted molar refractivity (Wildman–Crippen MR) is 141 cm³/mol. The molecule has 2 aromatic carbocycles. The van der Waals surface area contributed by atoms with E-state index in [1.165, 1.54) is 39.1 Å². The molecule has 0 aliphatic carbocycles. The normalized spacial score (nSPS) is 11.3. The van der Waals surface area contributed by atoms with E-state index in [9.17, 15) is 14.4 Å². The quantitative estimate of drug-likeness (QED) is 0.317. The highest BCUT2D eigenvalue weighted by Crippen LogP contribution is 2.33. The van der Waals surface area contributed by atoms with Crippen LogP contribution in [0, 0.1) is 0 Å². The Morgan fingerprint density at radius 2 is 1.58 bits per heavy atom. The first-order valence-corrected chi connectivity index (χ1v) is 11.7. The molecule has 0 unspecified atom stereocenters. The Hall–Kier alpha value is -4.87. The molecule has 0 spiro atoms. The van der Waals surface area contributed by atoms with Crippen molar-refractivity contribution >= 4 is 21.9 Å². The van der Waals surface area contributed by atoms with Crippen LogP contribution >= 0.6 is 0 Å². The SMILES string of the molecule is COc1ccc(CCn2c(-n3ncc4ccc(OC)c(OC)c4c3=O)nc3c2c(=O)n(C)c(=O)n3C)cc1. The number of hydrogen-bond acceptors (Lipinski definition) is 8. The Morgan fingerprint density at radius 1 is 0.842 bits per heavy atom. The Balaban J connectivity index is 1.78. The van der Waals surface area contributed by atoms with Gasteiger partial charge in [0.2, 0.25) is 5.95 Å². The van der Waals surface area contributed by atoms with E-state index in [1.807, 2.05) is 24.3 Å². The largest absolute Gasteiger partial charge is 0.497 e. The van der Waals surface area contributed by atoms with Gasteiger partial charge >= 0.3 is 5.69 Å². The van der Waals surface area contributed by atoms with Crippen LogP contribution in [0.5, 0.6) is 17.2 Å². The van der Waals surface area contributed by atoms with Crippen molar-refractivity contribution in [2.24, 2.45) is 14.1 Å². The van der Waals surface area contributed by atoms with Crippen LogP contribution in [-0.2, 0) is 27.1 Å². The van der Waals surface area contributed by atoms with Crippen LogP contribution in [0.2, 0.25) is 0 Å². The first-order chi connectivity index (χ1) is 18.3. The van der Waals surface area contributed by atoms with E-state index in [4.69, 9.17) is 14.2 Å². The number of nitrogens with zero attached hydrogens (tertiary/aromatic N) is 6. The molecule has 12 heteroatoms. The number of benzene rings is 2. The molecule has 3 aromatic heterocycles. The molecule has 0 aliphatic heterocycles. The van der Waals surface area contributed by atoms with Crippen LogP contribution in [-0.4, -0.2) is 49.8 Å². The van der Waals surface area contributed by atoms with Gasteiger partial charge in [-0.2, -0.15) is 14.8 Å². The van der Waals surface area contributed by atoms with Gasteiger partial charge in [0, 0.05) is 26.0 Å². The second-order valence-corrected chi connectivity index (χ2v) is 8.67. The van der Waals surface area contributed by atoms with Gasteiger partial charge < -0.3 is 18.8 Å². The predicted octanol–water partition coefficient (Wildman–Crippen LogP) is 1.40. The molecule has 0 radical (unpaired) electrons. The van der Waals surface area contributed by atoms with Gasteiger partial charge in [0.05, 0.1) is 32.9 Å². The fraction of sp³-hybridized carbons (Fsp3) is 0.269. The highest BCUT2D eigenvalue weighted by Gasteiger charge is 2.23. The highest BCUT2D eigenvalue weighted by molar-refractivity contribution is 5.89. The third kappa shape index (κ3) is 3.81. The van der Waals surface area contributed by atoms with Crippen LogP contribution in [0.4, 0.5) is 0 Å². The lowest BCUT2D eigenvalue weighted by Crippen LogP contribution is -2.37. The van der Waals surface area contributed by atoms with Gasteiger partial charge in [-0.25, -0.2) is 4.79 Å². The lowest BCUT2D eigenvalue weighted by atomic mass is 10.1. The summed E-state index contributed by atoms with van der Waals surface area (Å²) in [5.74, 6) is 1.47. The first kappa shape index (κ1) is 24.8. The minimum atomic E-state index is -0.529. The molecule has 12 nitrogen and oxygen atoms in total. The van der Waals surface area contributed by atoms with Crippen molar-refractivity contribution in [3.63, 3.8) is 0 Å².